The number of nitriles is 1. The van der Waals surface area contributed by atoms with Crippen LogP contribution in [-0.2, 0) is 0 Å². The summed E-state index contributed by atoms with van der Waals surface area (Å²) in [6.45, 7) is 4.39. The van der Waals surface area contributed by atoms with E-state index in [1.165, 1.54) is 5.56 Å². The van der Waals surface area contributed by atoms with Crippen LogP contribution in [0.2, 0.25) is 0 Å². The van der Waals surface area contributed by atoms with E-state index in [0.29, 0.717) is 5.92 Å². The normalized spacial score (nSPS) is 11.8. The molecule has 0 spiro atoms. The zero-order chi connectivity index (χ0) is 13.7. The molecule has 0 aliphatic rings. The highest BCUT2D eigenvalue weighted by Crippen LogP contribution is 2.31. The van der Waals surface area contributed by atoms with Gasteiger partial charge in [0, 0.05) is 0 Å². The van der Waals surface area contributed by atoms with E-state index in [1.807, 2.05) is 24.3 Å². The van der Waals surface area contributed by atoms with Crippen LogP contribution < -0.4 is 0 Å². The lowest BCUT2D eigenvalue weighted by Gasteiger charge is -2.15. The number of hydrogen-bond acceptors (Lipinski definition) is 1. The van der Waals surface area contributed by atoms with Crippen LogP contribution in [-0.4, -0.2) is 0 Å². The molecular weight excluding hydrogens is 230 g/mol. The molecule has 2 rings (SSSR count). The Morgan fingerprint density at radius 2 is 1.79 bits per heavy atom. The summed E-state index contributed by atoms with van der Waals surface area (Å²) in [6, 6.07) is 18.7. The lowest BCUT2D eigenvalue weighted by atomic mass is 9.88. The van der Waals surface area contributed by atoms with E-state index >= 15 is 0 Å². The minimum absolute atomic E-state index is 0.434. The summed E-state index contributed by atoms with van der Waals surface area (Å²) in [5.74, 6) is 0.434. The van der Waals surface area contributed by atoms with E-state index in [-0.39, 0.29) is 0 Å². The maximum absolute atomic E-state index is 9.53. The van der Waals surface area contributed by atoms with Gasteiger partial charge in [0.1, 0.15) is 6.07 Å². The van der Waals surface area contributed by atoms with Gasteiger partial charge >= 0.3 is 0 Å². The van der Waals surface area contributed by atoms with Gasteiger partial charge in [0.2, 0.25) is 0 Å². The standard InChI is InChI=1S/C18H19N/c1-3-8-14(2)16-11-7-12-17(18(16)13-19)15-9-5-4-6-10-15/h4-7,9-12,14H,3,8H2,1-2H3. The molecule has 0 radical (unpaired) electrons. The van der Waals surface area contributed by atoms with Crippen molar-refractivity contribution < 1.29 is 0 Å². The van der Waals surface area contributed by atoms with Crippen LogP contribution >= 0.6 is 0 Å². The summed E-state index contributed by atoms with van der Waals surface area (Å²) >= 11 is 0. The molecule has 0 N–H and O–H groups in total. The first-order chi connectivity index (χ1) is 9.27. The zero-order valence-corrected chi connectivity index (χ0v) is 11.6. The van der Waals surface area contributed by atoms with Crippen LogP contribution in [0.4, 0.5) is 0 Å². The molecule has 1 unspecified atom stereocenters. The third-order valence-corrected chi connectivity index (χ3v) is 3.55. The highest BCUT2D eigenvalue weighted by atomic mass is 14.3. The van der Waals surface area contributed by atoms with Crippen molar-refractivity contribution in [3.63, 3.8) is 0 Å². The van der Waals surface area contributed by atoms with Crippen molar-refractivity contribution in [2.24, 2.45) is 0 Å². The van der Waals surface area contributed by atoms with Crippen molar-refractivity contribution >= 4 is 0 Å². The minimum Gasteiger partial charge on any atom is -0.192 e. The number of benzene rings is 2. The van der Waals surface area contributed by atoms with E-state index in [1.54, 1.807) is 0 Å². The Hall–Kier alpha value is -2.07. The second-order valence-electron chi connectivity index (χ2n) is 4.94. The van der Waals surface area contributed by atoms with E-state index < -0.39 is 0 Å². The minimum atomic E-state index is 0.434. The predicted molar refractivity (Wildman–Crippen MR) is 79.9 cm³/mol. The number of hydrogen-bond donors (Lipinski definition) is 0. The molecule has 19 heavy (non-hydrogen) atoms. The predicted octanol–water partition coefficient (Wildman–Crippen LogP) is 5.13. The van der Waals surface area contributed by atoms with Crippen LogP contribution in [0.5, 0.6) is 0 Å². The van der Waals surface area contributed by atoms with Gasteiger partial charge < -0.3 is 0 Å². The first-order valence-electron chi connectivity index (χ1n) is 6.86. The summed E-state index contributed by atoms with van der Waals surface area (Å²) in [5.41, 5.74) is 4.16. The molecule has 2 aromatic carbocycles. The SMILES string of the molecule is CCCC(C)c1cccc(-c2ccccc2)c1C#N. The third kappa shape index (κ3) is 2.85. The molecule has 0 saturated carbocycles. The molecule has 1 nitrogen and oxygen atoms in total. The molecule has 0 aliphatic carbocycles. The van der Waals surface area contributed by atoms with E-state index in [4.69, 9.17) is 0 Å². The Morgan fingerprint density at radius 1 is 1.05 bits per heavy atom. The smallest absolute Gasteiger partial charge is 0.100 e. The van der Waals surface area contributed by atoms with Crippen LogP contribution in [0.3, 0.4) is 0 Å². The molecule has 96 valence electrons. The number of nitrogens with zero attached hydrogens (tertiary/aromatic N) is 1. The topological polar surface area (TPSA) is 23.8 Å². The molecule has 0 heterocycles. The highest BCUT2D eigenvalue weighted by molar-refractivity contribution is 5.72. The van der Waals surface area contributed by atoms with Crippen molar-refractivity contribution in [2.45, 2.75) is 32.6 Å². The Kier molecular flexibility index (Phi) is 4.36. The monoisotopic (exact) mass is 249 g/mol. The molecule has 0 fully saturated rings. The van der Waals surface area contributed by atoms with Crippen molar-refractivity contribution in [1.82, 2.24) is 0 Å². The molecule has 0 saturated heterocycles. The van der Waals surface area contributed by atoms with Gasteiger partial charge in [-0.3, -0.25) is 0 Å². The van der Waals surface area contributed by atoms with Gasteiger partial charge in [-0.05, 0) is 29.0 Å². The zero-order valence-electron chi connectivity index (χ0n) is 11.6. The van der Waals surface area contributed by atoms with Crippen LogP contribution in [0.15, 0.2) is 48.5 Å². The molecule has 1 atom stereocenters. The maximum atomic E-state index is 9.53. The second kappa shape index (κ2) is 6.20. The van der Waals surface area contributed by atoms with Gasteiger partial charge in [-0.2, -0.15) is 5.26 Å². The quantitative estimate of drug-likeness (QED) is 0.737. The Balaban J connectivity index is 2.52. The summed E-state index contributed by atoms with van der Waals surface area (Å²) in [4.78, 5) is 0. The van der Waals surface area contributed by atoms with Gasteiger partial charge in [-0.25, -0.2) is 0 Å². The third-order valence-electron chi connectivity index (χ3n) is 3.55. The number of rotatable bonds is 4. The Labute approximate surface area is 115 Å². The Morgan fingerprint density at radius 3 is 2.42 bits per heavy atom. The summed E-state index contributed by atoms with van der Waals surface area (Å²) in [5, 5.41) is 9.53. The first kappa shape index (κ1) is 13.4. The van der Waals surface area contributed by atoms with Gasteiger partial charge in [-0.1, -0.05) is 68.8 Å². The molecule has 0 aromatic heterocycles. The van der Waals surface area contributed by atoms with Gasteiger partial charge in [-0.15, -0.1) is 0 Å². The van der Waals surface area contributed by atoms with Crippen molar-refractivity contribution in [1.29, 1.82) is 5.26 Å². The lowest BCUT2D eigenvalue weighted by molar-refractivity contribution is 0.664. The summed E-state index contributed by atoms with van der Waals surface area (Å²) in [7, 11) is 0. The average Bonchev–Trinajstić information content (AvgIpc) is 2.47. The fourth-order valence-electron chi connectivity index (χ4n) is 2.55. The van der Waals surface area contributed by atoms with Gasteiger partial charge in [0.05, 0.1) is 5.56 Å². The van der Waals surface area contributed by atoms with Crippen LogP contribution in [0.25, 0.3) is 11.1 Å². The molecular formula is C18H19N. The second-order valence-corrected chi connectivity index (χ2v) is 4.94. The molecule has 0 amide bonds. The van der Waals surface area contributed by atoms with Gasteiger partial charge in [0.25, 0.3) is 0 Å². The largest absolute Gasteiger partial charge is 0.192 e. The van der Waals surface area contributed by atoms with Crippen molar-refractivity contribution in [3.8, 4) is 17.2 Å². The molecule has 0 aliphatic heterocycles. The van der Waals surface area contributed by atoms with Crippen LogP contribution in [0, 0.1) is 11.3 Å². The Bertz CT molecular complexity index is 578. The summed E-state index contributed by atoms with van der Waals surface area (Å²) in [6.07, 6.45) is 2.26. The fourth-order valence-corrected chi connectivity index (χ4v) is 2.55. The maximum Gasteiger partial charge on any atom is 0.100 e. The summed E-state index contributed by atoms with van der Waals surface area (Å²) < 4.78 is 0. The van der Waals surface area contributed by atoms with E-state index in [9.17, 15) is 5.26 Å². The highest BCUT2D eigenvalue weighted by Gasteiger charge is 2.14. The molecule has 0 bridgehead atoms. The van der Waals surface area contributed by atoms with Gasteiger partial charge in [0.15, 0.2) is 0 Å². The molecule has 2 aromatic rings. The fraction of sp³-hybridized carbons (Fsp3) is 0.278. The average molecular weight is 249 g/mol. The van der Waals surface area contributed by atoms with Crippen LogP contribution in [0.1, 0.15) is 43.7 Å². The first-order valence-corrected chi connectivity index (χ1v) is 6.86. The lowest BCUT2D eigenvalue weighted by Crippen LogP contribution is -1.98. The molecule has 1 heteroatoms. The van der Waals surface area contributed by atoms with Crippen molar-refractivity contribution in [3.05, 3.63) is 59.7 Å². The van der Waals surface area contributed by atoms with E-state index in [0.717, 1.165) is 29.5 Å². The van der Waals surface area contributed by atoms with E-state index in [2.05, 4.69) is 44.2 Å². The van der Waals surface area contributed by atoms with Crippen molar-refractivity contribution in [2.75, 3.05) is 0 Å².